The summed E-state index contributed by atoms with van der Waals surface area (Å²) >= 11 is 0. The Morgan fingerprint density at radius 2 is 1.38 bits per heavy atom. The number of aryl methyl sites for hydroxylation is 1. The molecule has 0 unspecified atom stereocenters. The van der Waals surface area contributed by atoms with E-state index in [2.05, 4.69) is 82.3 Å². The lowest BCUT2D eigenvalue weighted by Crippen LogP contribution is -2.36. The Hall–Kier alpha value is -3.13. The number of ether oxygens (including phenoxy) is 1. The highest BCUT2D eigenvalue weighted by molar-refractivity contribution is 6.04. The number of rotatable bonds is 4. The lowest BCUT2D eigenvalue weighted by molar-refractivity contribution is -0.0173. The molecule has 0 aliphatic heterocycles. The summed E-state index contributed by atoms with van der Waals surface area (Å²) in [6, 6.07) is 25.3. The van der Waals surface area contributed by atoms with Crippen LogP contribution in [0.3, 0.4) is 0 Å². The molecule has 2 heteroatoms. The number of carbonyl (C=O) groups is 1. The van der Waals surface area contributed by atoms with Gasteiger partial charge in [-0.25, -0.2) is 4.79 Å². The zero-order valence-electron chi connectivity index (χ0n) is 20.7. The maximum Gasteiger partial charge on any atom is 0.339 e. The summed E-state index contributed by atoms with van der Waals surface area (Å²) in [6.45, 7) is 8.91. The first kappa shape index (κ1) is 22.7. The van der Waals surface area contributed by atoms with E-state index in [-0.39, 0.29) is 12.1 Å². The molecule has 5 rings (SSSR count). The summed E-state index contributed by atoms with van der Waals surface area (Å²) in [5, 5.41) is 4.59. The van der Waals surface area contributed by atoms with Gasteiger partial charge in [-0.2, -0.15) is 0 Å². The minimum atomic E-state index is -0.196. The number of benzene rings is 4. The molecular formula is C32H34O2. The van der Waals surface area contributed by atoms with Crippen molar-refractivity contribution >= 4 is 27.5 Å². The van der Waals surface area contributed by atoms with Crippen molar-refractivity contribution in [3.8, 4) is 11.1 Å². The Labute approximate surface area is 203 Å². The maximum atomic E-state index is 13.8. The van der Waals surface area contributed by atoms with Crippen molar-refractivity contribution in [2.24, 2.45) is 17.8 Å². The number of hydrogen-bond donors (Lipinski definition) is 0. The lowest BCUT2D eigenvalue weighted by atomic mass is 9.75. The van der Waals surface area contributed by atoms with E-state index in [1.54, 1.807) is 0 Å². The molecule has 4 aromatic rings. The Kier molecular flexibility index (Phi) is 6.16. The second-order valence-corrected chi connectivity index (χ2v) is 10.5. The number of fused-ring (bicyclic) bond motifs is 2. The first-order chi connectivity index (χ1) is 16.4. The molecule has 34 heavy (non-hydrogen) atoms. The van der Waals surface area contributed by atoms with Crippen molar-refractivity contribution in [3.05, 3.63) is 83.9 Å². The van der Waals surface area contributed by atoms with E-state index >= 15 is 0 Å². The van der Waals surface area contributed by atoms with Crippen LogP contribution in [0.25, 0.3) is 32.7 Å². The molecule has 0 N–H and O–H groups in total. The molecule has 0 saturated heterocycles. The highest BCUT2D eigenvalue weighted by atomic mass is 16.5. The van der Waals surface area contributed by atoms with Gasteiger partial charge in [0, 0.05) is 0 Å². The van der Waals surface area contributed by atoms with Crippen molar-refractivity contribution in [1.29, 1.82) is 0 Å². The van der Waals surface area contributed by atoms with Gasteiger partial charge in [-0.05, 0) is 94.0 Å². The molecule has 0 amide bonds. The molecule has 1 saturated carbocycles. The van der Waals surface area contributed by atoms with Gasteiger partial charge >= 0.3 is 5.97 Å². The normalized spacial score (nSPS) is 20.7. The SMILES string of the molecule is Cc1cc2ccccc2cc1-c1cc2ccccc2cc1C(=O)O[C@@H]1C[C@H](C)CC[C@H]1C(C)C. The van der Waals surface area contributed by atoms with Crippen LogP contribution in [0.1, 0.15) is 56.0 Å². The first-order valence-corrected chi connectivity index (χ1v) is 12.6. The zero-order valence-corrected chi connectivity index (χ0v) is 20.7. The second-order valence-electron chi connectivity index (χ2n) is 10.5. The number of carbonyl (C=O) groups excluding carboxylic acids is 1. The summed E-state index contributed by atoms with van der Waals surface area (Å²) in [7, 11) is 0. The van der Waals surface area contributed by atoms with Crippen molar-refractivity contribution in [1.82, 2.24) is 0 Å². The monoisotopic (exact) mass is 450 g/mol. The van der Waals surface area contributed by atoms with E-state index in [0.29, 0.717) is 23.3 Å². The maximum absolute atomic E-state index is 13.8. The van der Waals surface area contributed by atoms with Gasteiger partial charge in [0.25, 0.3) is 0 Å². The third-order valence-electron chi connectivity index (χ3n) is 7.71. The highest BCUT2D eigenvalue weighted by Gasteiger charge is 2.34. The average molecular weight is 451 g/mol. The van der Waals surface area contributed by atoms with Crippen molar-refractivity contribution < 1.29 is 9.53 Å². The fraction of sp³-hybridized carbons (Fsp3) is 0.344. The van der Waals surface area contributed by atoms with Crippen LogP contribution in [0.4, 0.5) is 0 Å². The Morgan fingerprint density at radius 3 is 2.00 bits per heavy atom. The summed E-state index contributed by atoms with van der Waals surface area (Å²) in [5.74, 6) is 1.32. The molecule has 3 atom stereocenters. The Balaban J connectivity index is 1.61. The highest BCUT2D eigenvalue weighted by Crippen LogP contribution is 2.38. The smallest absolute Gasteiger partial charge is 0.339 e. The van der Waals surface area contributed by atoms with E-state index in [1.807, 2.05) is 18.2 Å². The summed E-state index contributed by atoms with van der Waals surface area (Å²) in [6.07, 6.45) is 3.28. The summed E-state index contributed by atoms with van der Waals surface area (Å²) in [4.78, 5) is 13.8. The van der Waals surface area contributed by atoms with Crippen LogP contribution in [-0.4, -0.2) is 12.1 Å². The molecule has 1 fully saturated rings. The predicted octanol–water partition coefficient (Wildman–Crippen LogP) is 8.59. The lowest BCUT2D eigenvalue weighted by Gasteiger charge is -2.36. The molecule has 2 nitrogen and oxygen atoms in total. The van der Waals surface area contributed by atoms with Gasteiger partial charge in [0.2, 0.25) is 0 Å². The molecule has 0 heterocycles. The molecule has 174 valence electrons. The largest absolute Gasteiger partial charge is 0.458 e. The van der Waals surface area contributed by atoms with Crippen LogP contribution in [-0.2, 0) is 4.74 Å². The average Bonchev–Trinajstić information content (AvgIpc) is 2.82. The molecule has 0 spiro atoms. The van der Waals surface area contributed by atoms with Crippen LogP contribution in [0.2, 0.25) is 0 Å². The first-order valence-electron chi connectivity index (χ1n) is 12.6. The summed E-state index contributed by atoms with van der Waals surface area (Å²) < 4.78 is 6.32. The van der Waals surface area contributed by atoms with Crippen LogP contribution < -0.4 is 0 Å². The molecule has 4 aromatic carbocycles. The minimum absolute atomic E-state index is 0.0201. The van der Waals surface area contributed by atoms with Gasteiger partial charge in [0.15, 0.2) is 0 Å². The second kappa shape index (κ2) is 9.25. The van der Waals surface area contributed by atoms with E-state index in [0.717, 1.165) is 40.3 Å². The molecular weight excluding hydrogens is 416 g/mol. The van der Waals surface area contributed by atoms with Crippen molar-refractivity contribution in [2.75, 3.05) is 0 Å². The number of hydrogen-bond acceptors (Lipinski definition) is 2. The molecule has 0 aromatic heterocycles. The molecule has 0 bridgehead atoms. The van der Waals surface area contributed by atoms with Crippen molar-refractivity contribution in [3.63, 3.8) is 0 Å². The summed E-state index contributed by atoms with van der Waals surface area (Å²) in [5.41, 5.74) is 3.87. The predicted molar refractivity (Wildman–Crippen MR) is 142 cm³/mol. The van der Waals surface area contributed by atoms with Gasteiger partial charge in [-0.3, -0.25) is 0 Å². The topological polar surface area (TPSA) is 26.3 Å². The van der Waals surface area contributed by atoms with E-state index in [4.69, 9.17) is 4.74 Å². The molecule has 1 aliphatic rings. The van der Waals surface area contributed by atoms with Crippen LogP contribution >= 0.6 is 0 Å². The van der Waals surface area contributed by atoms with Gasteiger partial charge in [-0.1, -0.05) is 81.8 Å². The fourth-order valence-electron chi connectivity index (χ4n) is 5.73. The van der Waals surface area contributed by atoms with Gasteiger partial charge in [-0.15, -0.1) is 0 Å². The third kappa shape index (κ3) is 4.34. The standard InChI is InChI=1S/C32H34O2/c1-20(2)27-14-13-21(3)15-31(27)34-32(33)30-19-26-12-8-7-11-25(26)18-29(30)28-17-24-10-6-5-9-23(24)16-22(28)4/h5-12,16-21,27,31H,13-15H2,1-4H3/t21-,27+,31-/m1/s1. The molecule has 1 aliphatic carbocycles. The van der Waals surface area contributed by atoms with E-state index in [9.17, 15) is 4.79 Å². The zero-order chi connectivity index (χ0) is 23.8. The quantitative estimate of drug-likeness (QED) is 0.291. The van der Waals surface area contributed by atoms with Crippen LogP contribution in [0.15, 0.2) is 72.8 Å². The molecule has 0 radical (unpaired) electrons. The fourth-order valence-corrected chi connectivity index (χ4v) is 5.73. The van der Waals surface area contributed by atoms with Gasteiger partial charge < -0.3 is 4.74 Å². The Morgan fingerprint density at radius 1 is 0.824 bits per heavy atom. The van der Waals surface area contributed by atoms with Gasteiger partial charge in [0.1, 0.15) is 6.10 Å². The van der Waals surface area contributed by atoms with Gasteiger partial charge in [0.05, 0.1) is 5.56 Å². The minimum Gasteiger partial charge on any atom is -0.458 e. The number of esters is 1. The third-order valence-corrected chi connectivity index (χ3v) is 7.71. The Bertz CT molecular complexity index is 1350. The van der Waals surface area contributed by atoms with Crippen LogP contribution in [0, 0.1) is 24.7 Å². The van der Waals surface area contributed by atoms with Crippen molar-refractivity contribution in [2.45, 2.75) is 53.1 Å². The van der Waals surface area contributed by atoms with Crippen LogP contribution in [0.5, 0.6) is 0 Å². The van der Waals surface area contributed by atoms with E-state index < -0.39 is 0 Å². The van der Waals surface area contributed by atoms with E-state index in [1.165, 1.54) is 17.2 Å².